The van der Waals surface area contributed by atoms with Crippen LogP contribution in [-0.2, 0) is 20.7 Å². The van der Waals surface area contributed by atoms with Crippen LogP contribution in [0.25, 0.3) is 0 Å². The van der Waals surface area contributed by atoms with Gasteiger partial charge in [-0.2, -0.15) is 0 Å². The summed E-state index contributed by atoms with van der Waals surface area (Å²) in [6, 6.07) is 14.1. The molecule has 0 aliphatic rings. The molecule has 2 atom stereocenters. The maximum absolute atomic E-state index is 14.2. The van der Waals surface area contributed by atoms with Crippen molar-refractivity contribution >= 4 is 17.9 Å². The smallest absolute Gasteiger partial charge is 0.408 e. The Morgan fingerprint density at radius 1 is 0.947 bits per heavy atom. The fourth-order valence-electron chi connectivity index (χ4n) is 4.00. The van der Waals surface area contributed by atoms with Crippen molar-refractivity contribution in [1.82, 2.24) is 15.5 Å². The number of terminal acetylenes is 1. The summed E-state index contributed by atoms with van der Waals surface area (Å²) < 4.78 is 5.46. The molecular weight excluding hydrogens is 478 g/mol. The molecule has 3 amide bonds. The monoisotopic (exact) mass is 519 g/mol. The average molecular weight is 520 g/mol. The average Bonchev–Trinajstić information content (AvgIpc) is 2.80. The number of amides is 3. The molecule has 0 heterocycles. The van der Waals surface area contributed by atoms with Crippen molar-refractivity contribution in [2.45, 2.75) is 91.1 Å². The molecule has 204 valence electrons. The number of benzene rings is 2. The molecule has 0 saturated heterocycles. The van der Waals surface area contributed by atoms with Crippen LogP contribution in [0.4, 0.5) is 4.79 Å². The Morgan fingerprint density at radius 2 is 1.53 bits per heavy atom. The molecule has 0 saturated carbocycles. The third-order valence-corrected chi connectivity index (χ3v) is 5.50. The minimum Gasteiger partial charge on any atom is -0.444 e. The van der Waals surface area contributed by atoms with Gasteiger partial charge in [0.2, 0.25) is 11.8 Å². The van der Waals surface area contributed by atoms with Crippen LogP contribution in [0.5, 0.6) is 0 Å². The molecule has 0 radical (unpaired) electrons. The van der Waals surface area contributed by atoms with Crippen LogP contribution in [0.15, 0.2) is 54.6 Å². The molecule has 2 aromatic carbocycles. The van der Waals surface area contributed by atoms with Gasteiger partial charge in [0.05, 0.1) is 0 Å². The van der Waals surface area contributed by atoms with E-state index in [0.29, 0.717) is 11.1 Å². The highest BCUT2D eigenvalue weighted by atomic mass is 16.6. The van der Waals surface area contributed by atoms with Crippen molar-refractivity contribution in [1.29, 1.82) is 0 Å². The molecule has 0 fully saturated rings. The lowest BCUT2D eigenvalue weighted by Crippen LogP contribution is -2.57. The van der Waals surface area contributed by atoms with E-state index in [1.807, 2.05) is 65.0 Å². The molecule has 38 heavy (non-hydrogen) atoms. The predicted octanol–water partition coefficient (Wildman–Crippen LogP) is 5.00. The summed E-state index contributed by atoms with van der Waals surface area (Å²) in [6.07, 6.45) is 5.06. The lowest BCUT2D eigenvalue weighted by molar-refractivity contribution is -0.145. The number of nitrogens with one attached hydrogen (secondary N) is 2. The SMILES string of the molecule is C#Cc1ccc(C(C(=O)NC(C)(C)C)N(C(=O)C(Cc2ccccc2)NC(=O)OC(C)(C)C)C(C)C)cc1. The van der Waals surface area contributed by atoms with Gasteiger partial charge in [0.15, 0.2) is 0 Å². The highest BCUT2D eigenvalue weighted by molar-refractivity contribution is 5.92. The number of carbonyl (C=O) groups is 3. The molecule has 0 aromatic heterocycles. The van der Waals surface area contributed by atoms with Gasteiger partial charge in [0.1, 0.15) is 17.7 Å². The van der Waals surface area contributed by atoms with Gasteiger partial charge in [0.25, 0.3) is 0 Å². The largest absolute Gasteiger partial charge is 0.444 e. The van der Waals surface area contributed by atoms with Gasteiger partial charge in [-0.1, -0.05) is 48.4 Å². The van der Waals surface area contributed by atoms with Gasteiger partial charge in [-0.25, -0.2) is 4.79 Å². The van der Waals surface area contributed by atoms with Gasteiger partial charge in [-0.05, 0) is 78.6 Å². The lowest BCUT2D eigenvalue weighted by Gasteiger charge is -2.38. The second kappa shape index (κ2) is 12.6. The van der Waals surface area contributed by atoms with Gasteiger partial charge in [-0.15, -0.1) is 6.42 Å². The number of rotatable bonds is 8. The quantitative estimate of drug-likeness (QED) is 0.481. The van der Waals surface area contributed by atoms with Crippen molar-refractivity contribution in [3.63, 3.8) is 0 Å². The zero-order chi connectivity index (χ0) is 28.7. The van der Waals surface area contributed by atoms with Gasteiger partial charge < -0.3 is 20.3 Å². The lowest BCUT2D eigenvalue weighted by atomic mass is 9.97. The fourth-order valence-corrected chi connectivity index (χ4v) is 4.00. The third kappa shape index (κ3) is 9.26. The summed E-state index contributed by atoms with van der Waals surface area (Å²) in [5.41, 5.74) is 0.872. The summed E-state index contributed by atoms with van der Waals surface area (Å²) in [5, 5.41) is 5.77. The normalized spacial score (nSPS) is 13.2. The molecule has 0 bridgehead atoms. The number of nitrogens with zero attached hydrogens (tertiary/aromatic N) is 1. The molecule has 2 N–H and O–H groups in total. The minimum atomic E-state index is -0.968. The van der Waals surface area contributed by atoms with E-state index in [0.717, 1.165) is 5.56 Å². The molecule has 2 aromatic rings. The molecule has 0 aliphatic heterocycles. The van der Waals surface area contributed by atoms with E-state index in [1.165, 1.54) is 4.90 Å². The van der Waals surface area contributed by atoms with E-state index in [4.69, 9.17) is 11.2 Å². The number of ether oxygens (including phenoxy) is 1. The molecule has 7 nitrogen and oxygen atoms in total. The van der Waals surface area contributed by atoms with Crippen LogP contribution in [0.3, 0.4) is 0 Å². The van der Waals surface area contributed by atoms with E-state index in [1.54, 1.807) is 45.0 Å². The van der Waals surface area contributed by atoms with Crippen LogP contribution < -0.4 is 10.6 Å². The highest BCUT2D eigenvalue weighted by Gasteiger charge is 2.38. The Kier molecular flexibility index (Phi) is 10.1. The van der Waals surface area contributed by atoms with Crippen LogP contribution in [0, 0.1) is 12.3 Å². The molecule has 7 heteroatoms. The topological polar surface area (TPSA) is 87.7 Å². The Labute approximate surface area is 227 Å². The highest BCUT2D eigenvalue weighted by Crippen LogP contribution is 2.27. The van der Waals surface area contributed by atoms with E-state index in [2.05, 4.69) is 16.6 Å². The molecule has 2 rings (SSSR count). The maximum atomic E-state index is 14.2. The van der Waals surface area contributed by atoms with Crippen molar-refractivity contribution < 1.29 is 19.1 Å². The molecular formula is C31H41N3O4. The summed E-state index contributed by atoms with van der Waals surface area (Å²) in [4.78, 5) is 42.2. The Hall–Kier alpha value is -3.79. The number of hydrogen-bond donors (Lipinski definition) is 2. The van der Waals surface area contributed by atoms with E-state index >= 15 is 0 Å². The molecule has 0 aliphatic carbocycles. The van der Waals surface area contributed by atoms with Crippen molar-refractivity contribution in [3.8, 4) is 12.3 Å². The standard InChI is InChI=1S/C31H41N3O4/c1-10-22-16-18-24(19-17-22)26(27(35)33-30(4,5)6)34(21(2)3)28(36)25(20-23-14-12-11-13-15-23)32-29(37)38-31(7,8)9/h1,11-19,21,25-26H,20H2,2-9H3,(H,32,37)(H,33,35). The predicted molar refractivity (Wildman–Crippen MR) is 150 cm³/mol. The molecule has 2 unspecified atom stereocenters. The zero-order valence-corrected chi connectivity index (χ0v) is 23.8. The third-order valence-electron chi connectivity index (χ3n) is 5.50. The van der Waals surface area contributed by atoms with Gasteiger partial charge in [0, 0.05) is 23.6 Å². The Bertz CT molecular complexity index is 1140. The second-order valence-electron chi connectivity index (χ2n) is 11.6. The van der Waals surface area contributed by atoms with E-state index in [-0.39, 0.29) is 18.4 Å². The summed E-state index contributed by atoms with van der Waals surface area (Å²) in [6.45, 7) is 14.6. The van der Waals surface area contributed by atoms with E-state index in [9.17, 15) is 14.4 Å². The maximum Gasteiger partial charge on any atom is 0.408 e. The molecule has 0 spiro atoms. The van der Waals surface area contributed by atoms with Crippen molar-refractivity contribution in [2.75, 3.05) is 0 Å². The van der Waals surface area contributed by atoms with Crippen LogP contribution in [0.1, 0.15) is 78.1 Å². The Morgan fingerprint density at radius 3 is 2.00 bits per heavy atom. The number of carbonyl (C=O) groups excluding carboxylic acids is 3. The minimum absolute atomic E-state index is 0.228. The second-order valence-corrected chi connectivity index (χ2v) is 11.6. The van der Waals surface area contributed by atoms with Gasteiger partial charge in [-0.3, -0.25) is 9.59 Å². The first kappa shape index (κ1) is 30.4. The van der Waals surface area contributed by atoms with Crippen LogP contribution in [0.2, 0.25) is 0 Å². The first-order valence-electron chi connectivity index (χ1n) is 12.9. The Balaban J connectivity index is 2.56. The first-order valence-corrected chi connectivity index (χ1v) is 12.9. The zero-order valence-electron chi connectivity index (χ0n) is 23.8. The summed E-state index contributed by atoms with van der Waals surface area (Å²) in [7, 11) is 0. The summed E-state index contributed by atoms with van der Waals surface area (Å²) >= 11 is 0. The van der Waals surface area contributed by atoms with Crippen molar-refractivity contribution in [3.05, 3.63) is 71.3 Å². The van der Waals surface area contributed by atoms with E-state index < -0.39 is 35.2 Å². The number of hydrogen-bond acceptors (Lipinski definition) is 4. The van der Waals surface area contributed by atoms with Crippen LogP contribution in [-0.4, -0.2) is 46.0 Å². The first-order chi connectivity index (χ1) is 17.6. The van der Waals surface area contributed by atoms with Gasteiger partial charge >= 0.3 is 6.09 Å². The van der Waals surface area contributed by atoms with Crippen molar-refractivity contribution in [2.24, 2.45) is 0 Å². The van der Waals surface area contributed by atoms with Crippen LogP contribution >= 0.6 is 0 Å². The fraction of sp³-hybridized carbons (Fsp3) is 0.452. The summed E-state index contributed by atoms with van der Waals surface area (Å²) in [5.74, 6) is 1.85. The number of alkyl carbamates (subject to hydrolysis) is 1.